The topological polar surface area (TPSA) is 41.3 Å². The minimum Gasteiger partial charge on any atom is -0.395 e. The average molecular weight is 273 g/mol. The zero-order valence-corrected chi connectivity index (χ0v) is 12.3. The van der Waals surface area contributed by atoms with Crippen molar-refractivity contribution < 1.29 is 5.11 Å². The zero-order valence-electron chi connectivity index (χ0n) is 12.3. The van der Waals surface area contributed by atoms with Crippen molar-refractivity contribution in [3.8, 4) is 0 Å². The summed E-state index contributed by atoms with van der Waals surface area (Å²) in [6.07, 6.45) is 2.57. The third-order valence-electron chi connectivity index (χ3n) is 4.07. The van der Waals surface area contributed by atoms with Gasteiger partial charge in [0.15, 0.2) is 0 Å². The van der Waals surface area contributed by atoms with Gasteiger partial charge in [-0.05, 0) is 31.0 Å². The Balaban J connectivity index is 2.05. The van der Waals surface area contributed by atoms with E-state index in [1.165, 1.54) is 18.5 Å². The number of nitrogens with zero attached hydrogens (tertiary/aromatic N) is 3. The quantitative estimate of drug-likeness (QED) is 0.931. The molecule has 0 atom stereocenters. The number of anilines is 1. The first-order valence-electron chi connectivity index (χ1n) is 7.56. The first-order chi connectivity index (χ1) is 9.70. The molecule has 0 spiro atoms. The van der Waals surface area contributed by atoms with Crippen LogP contribution in [0.1, 0.15) is 38.4 Å². The van der Waals surface area contributed by atoms with Gasteiger partial charge in [0.05, 0.1) is 17.6 Å². The van der Waals surface area contributed by atoms with E-state index in [1.807, 2.05) is 0 Å². The molecule has 0 radical (unpaired) electrons. The van der Waals surface area contributed by atoms with Gasteiger partial charge in [-0.2, -0.15) is 0 Å². The second kappa shape index (κ2) is 5.44. The molecular formula is C16H23N3O. The number of hydrogen-bond acceptors (Lipinski definition) is 3. The van der Waals surface area contributed by atoms with Crippen LogP contribution in [0.2, 0.25) is 0 Å². The molecule has 2 heterocycles. The number of imidazole rings is 1. The van der Waals surface area contributed by atoms with Crippen LogP contribution in [-0.2, 0) is 6.54 Å². The third kappa shape index (κ3) is 2.29. The fourth-order valence-corrected chi connectivity index (χ4v) is 3.08. The fraction of sp³-hybridized carbons (Fsp3) is 0.562. The molecule has 1 saturated heterocycles. The standard InChI is InChI=1S/C16H23N3O/c1-12(2)16-17-14-11-13(18-7-3-4-8-18)5-6-15(14)19(16)9-10-20/h5-6,11-12,20H,3-4,7-10H2,1-2H3. The van der Waals surface area contributed by atoms with Crippen molar-refractivity contribution in [2.75, 3.05) is 24.6 Å². The van der Waals surface area contributed by atoms with Crippen molar-refractivity contribution >= 4 is 16.7 Å². The molecule has 1 fully saturated rings. The van der Waals surface area contributed by atoms with Crippen LogP contribution in [0.3, 0.4) is 0 Å². The molecule has 1 aliphatic heterocycles. The highest BCUT2D eigenvalue weighted by Crippen LogP contribution is 2.27. The van der Waals surface area contributed by atoms with Crippen molar-refractivity contribution in [1.82, 2.24) is 9.55 Å². The molecule has 1 N–H and O–H groups in total. The molecule has 108 valence electrons. The minimum absolute atomic E-state index is 0.152. The Morgan fingerprint density at radius 1 is 1.25 bits per heavy atom. The monoisotopic (exact) mass is 273 g/mol. The SMILES string of the molecule is CC(C)c1nc2cc(N3CCCC3)ccc2n1CCO. The Morgan fingerprint density at radius 3 is 2.65 bits per heavy atom. The van der Waals surface area contributed by atoms with Crippen LogP contribution in [0.25, 0.3) is 11.0 Å². The lowest BCUT2D eigenvalue weighted by molar-refractivity contribution is 0.275. The van der Waals surface area contributed by atoms with Crippen LogP contribution in [0.5, 0.6) is 0 Å². The smallest absolute Gasteiger partial charge is 0.112 e. The van der Waals surface area contributed by atoms with Gasteiger partial charge >= 0.3 is 0 Å². The van der Waals surface area contributed by atoms with E-state index in [1.54, 1.807) is 0 Å². The van der Waals surface area contributed by atoms with Gasteiger partial charge in [-0.25, -0.2) is 4.98 Å². The Morgan fingerprint density at radius 2 is 2.00 bits per heavy atom. The summed E-state index contributed by atoms with van der Waals surface area (Å²) >= 11 is 0. The molecule has 1 aromatic carbocycles. The first-order valence-corrected chi connectivity index (χ1v) is 7.56. The summed E-state index contributed by atoms with van der Waals surface area (Å²) in [5.41, 5.74) is 3.45. The zero-order chi connectivity index (χ0) is 14.1. The molecule has 2 aromatic rings. The van der Waals surface area contributed by atoms with Gasteiger partial charge < -0.3 is 14.6 Å². The highest BCUT2D eigenvalue weighted by Gasteiger charge is 2.16. The first kappa shape index (κ1) is 13.4. The predicted molar refractivity (Wildman–Crippen MR) is 82.4 cm³/mol. The Bertz CT molecular complexity index is 597. The van der Waals surface area contributed by atoms with Crippen LogP contribution in [0, 0.1) is 0 Å². The van der Waals surface area contributed by atoms with Gasteiger partial charge in [0.2, 0.25) is 0 Å². The molecule has 0 unspecified atom stereocenters. The third-order valence-corrected chi connectivity index (χ3v) is 4.07. The highest BCUT2D eigenvalue weighted by atomic mass is 16.3. The second-order valence-electron chi connectivity index (χ2n) is 5.87. The second-order valence-corrected chi connectivity index (χ2v) is 5.87. The van der Waals surface area contributed by atoms with Crippen molar-refractivity contribution in [3.05, 3.63) is 24.0 Å². The van der Waals surface area contributed by atoms with E-state index in [0.717, 1.165) is 29.9 Å². The van der Waals surface area contributed by atoms with E-state index in [-0.39, 0.29) is 6.61 Å². The van der Waals surface area contributed by atoms with Crippen LogP contribution < -0.4 is 4.90 Å². The summed E-state index contributed by atoms with van der Waals surface area (Å²) in [6, 6.07) is 6.53. The minimum atomic E-state index is 0.152. The molecule has 0 saturated carbocycles. The maximum atomic E-state index is 9.27. The van der Waals surface area contributed by atoms with E-state index >= 15 is 0 Å². The van der Waals surface area contributed by atoms with E-state index in [4.69, 9.17) is 4.98 Å². The lowest BCUT2D eigenvalue weighted by atomic mass is 10.2. The summed E-state index contributed by atoms with van der Waals surface area (Å²) in [5.74, 6) is 1.43. The molecule has 1 aromatic heterocycles. The van der Waals surface area contributed by atoms with Crippen LogP contribution in [0.15, 0.2) is 18.2 Å². The Hall–Kier alpha value is -1.55. The number of aromatic nitrogens is 2. The molecule has 0 bridgehead atoms. The fourth-order valence-electron chi connectivity index (χ4n) is 3.08. The summed E-state index contributed by atoms with van der Waals surface area (Å²) in [7, 11) is 0. The predicted octanol–water partition coefficient (Wildman–Crippen LogP) is 2.75. The molecule has 4 heteroatoms. The molecular weight excluding hydrogens is 250 g/mol. The van der Waals surface area contributed by atoms with E-state index in [0.29, 0.717) is 12.5 Å². The number of aliphatic hydroxyl groups excluding tert-OH is 1. The lowest BCUT2D eigenvalue weighted by Gasteiger charge is -2.17. The van der Waals surface area contributed by atoms with Gasteiger partial charge in [-0.3, -0.25) is 0 Å². The molecule has 20 heavy (non-hydrogen) atoms. The number of rotatable bonds is 4. The molecule has 1 aliphatic rings. The van der Waals surface area contributed by atoms with Crippen LogP contribution >= 0.6 is 0 Å². The van der Waals surface area contributed by atoms with Gasteiger partial charge in [0, 0.05) is 31.2 Å². The van der Waals surface area contributed by atoms with Crippen LogP contribution in [-0.4, -0.2) is 34.4 Å². The highest BCUT2D eigenvalue weighted by molar-refractivity contribution is 5.80. The van der Waals surface area contributed by atoms with Gasteiger partial charge in [-0.15, -0.1) is 0 Å². The average Bonchev–Trinajstić information content (AvgIpc) is 3.06. The van der Waals surface area contributed by atoms with Crippen molar-refractivity contribution in [2.45, 2.75) is 39.2 Å². The number of aliphatic hydroxyl groups is 1. The van der Waals surface area contributed by atoms with Gasteiger partial charge in [-0.1, -0.05) is 13.8 Å². The van der Waals surface area contributed by atoms with Gasteiger partial charge in [0.25, 0.3) is 0 Å². The summed E-state index contributed by atoms with van der Waals surface area (Å²) in [4.78, 5) is 7.22. The molecule has 0 amide bonds. The number of benzene rings is 1. The van der Waals surface area contributed by atoms with Gasteiger partial charge in [0.1, 0.15) is 5.82 Å². The molecule has 0 aliphatic carbocycles. The summed E-state index contributed by atoms with van der Waals surface area (Å²) in [5, 5.41) is 9.27. The largest absolute Gasteiger partial charge is 0.395 e. The number of fused-ring (bicyclic) bond motifs is 1. The van der Waals surface area contributed by atoms with Crippen molar-refractivity contribution in [3.63, 3.8) is 0 Å². The van der Waals surface area contributed by atoms with E-state index in [2.05, 4.69) is 41.5 Å². The van der Waals surface area contributed by atoms with Crippen molar-refractivity contribution in [2.24, 2.45) is 0 Å². The van der Waals surface area contributed by atoms with Crippen LogP contribution in [0.4, 0.5) is 5.69 Å². The molecule has 4 nitrogen and oxygen atoms in total. The van der Waals surface area contributed by atoms with E-state index < -0.39 is 0 Å². The maximum absolute atomic E-state index is 9.27. The van der Waals surface area contributed by atoms with Crippen molar-refractivity contribution in [1.29, 1.82) is 0 Å². The summed E-state index contributed by atoms with van der Waals surface area (Å²) in [6.45, 7) is 7.37. The summed E-state index contributed by atoms with van der Waals surface area (Å²) < 4.78 is 2.15. The maximum Gasteiger partial charge on any atom is 0.112 e. The Kier molecular flexibility index (Phi) is 3.66. The Labute approximate surface area is 120 Å². The van der Waals surface area contributed by atoms with E-state index in [9.17, 15) is 5.11 Å². The lowest BCUT2D eigenvalue weighted by Crippen LogP contribution is -2.17. The normalized spacial score (nSPS) is 15.7. The molecule has 3 rings (SSSR count). The number of hydrogen-bond donors (Lipinski definition) is 1.